The molecule has 0 aromatic carbocycles. The van der Waals surface area contributed by atoms with Crippen LogP contribution >= 0.6 is 15.9 Å². The standard InChI is InChI=1S/C8H11BrN2O/c1-12-5-6-2-3-7(9)8(4-10)11-6/h2-3H,4-5,10H2,1H3. The fourth-order valence-electron chi connectivity index (χ4n) is 0.901. The van der Waals surface area contributed by atoms with Gasteiger partial charge in [0.15, 0.2) is 0 Å². The van der Waals surface area contributed by atoms with Crippen LogP contribution in [0.1, 0.15) is 11.4 Å². The fourth-order valence-corrected chi connectivity index (χ4v) is 1.28. The smallest absolute Gasteiger partial charge is 0.0884 e. The van der Waals surface area contributed by atoms with Crippen molar-refractivity contribution in [2.45, 2.75) is 13.2 Å². The summed E-state index contributed by atoms with van der Waals surface area (Å²) >= 11 is 3.36. The van der Waals surface area contributed by atoms with Crippen LogP contribution in [0, 0.1) is 0 Å². The van der Waals surface area contributed by atoms with Gasteiger partial charge in [-0.15, -0.1) is 0 Å². The maximum Gasteiger partial charge on any atom is 0.0884 e. The zero-order chi connectivity index (χ0) is 8.97. The summed E-state index contributed by atoms with van der Waals surface area (Å²) in [6.45, 7) is 0.971. The van der Waals surface area contributed by atoms with Gasteiger partial charge in [0.1, 0.15) is 0 Å². The van der Waals surface area contributed by atoms with Crippen LogP contribution < -0.4 is 5.73 Å². The van der Waals surface area contributed by atoms with E-state index in [9.17, 15) is 0 Å². The van der Waals surface area contributed by atoms with E-state index in [-0.39, 0.29) is 0 Å². The molecule has 0 saturated carbocycles. The Morgan fingerprint density at radius 1 is 1.58 bits per heavy atom. The van der Waals surface area contributed by atoms with Gasteiger partial charge in [-0.25, -0.2) is 0 Å². The predicted molar refractivity (Wildman–Crippen MR) is 50.5 cm³/mol. The molecule has 1 heterocycles. The van der Waals surface area contributed by atoms with E-state index in [2.05, 4.69) is 20.9 Å². The van der Waals surface area contributed by atoms with Crippen LogP contribution in [-0.2, 0) is 17.9 Å². The number of nitrogens with zero attached hydrogens (tertiary/aromatic N) is 1. The summed E-state index contributed by atoms with van der Waals surface area (Å²) in [5.41, 5.74) is 7.25. The number of hydrogen-bond acceptors (Lipinski definition) is 3. The normalized spacial score (nSPS) is 10.2. The Labute approximate surface area is 80.1 Å². The molecule has 12 heavy (non-hydrogen) atoms. The van der Waals surface area contributed by atoms with Crippen LogP contribution in [0.4, 0.5) is 0 Å². The average molecular weight is 231 g/mol. The van der Waals surface area contributed by atoms with Crippen molar-refractivity contribution in [2.75, 3.05) is 7.11 Å². The monoisotopic (exact) mass is 230 g/mol. The summed E-state index contributed by atoms with van der Waals surface area (Å²) in [6, 6.07) is 3.84. The maximum absolute atomic E-state index is 5.48. The van der Waals surface area contributed by atoms with Gasteiger partial charge in [0.2, 0.25) is 0 Å². The molecule has 2 N–H and O–H groups in total. The van der Waals surface area contributed by atoms with Gasteiger partial charge in [-0.1, -0.05) is 0 Å². The Balaban J connectivity index is 2.89. The second-order valence-corrected chi connectivity index (χ2v) is 3.22. The summed E-state index contributed by atoms with van der Waals surface area (Å²) in [5.74, 6) is 0. The lowest BCUT2D eigenvalue weighted by Crippen LogP contribution is -2.03. The average Bonchev–Trinajstić information content (AvgIpc) is 2.09. The third-order valence-corrected chi connectivity index (χ3v) is 2.18. The number of methoxy groups -OCH3 is 1. The first-order chi connectivity index (χ1) is 5.77. The van der Waals surface area contributed by atoms with Crippen molar-refractivity contribution in [1.82, 2.24) is 4.98 Å². The molecule has 0 unspecified atom stereocenters. The van der Waals surface area contributed by atoms with Gasteiger partial charge in [0.05, 0.1) is 18.0 Å². The van der Waals surface area contributed by atoms with Crippen molar-refractivity contribution in [3.05, 3.63) is 28.0 Å². The lowest BCUT2D eigenvalue weighted by Gasteiger charge is -2.03. The summed E-state index contributed by atoms with van der Waals surface area (Å²) in [5, 5.41) is 0. The minimum absolute atomic E-state index is 0.443. The van der Waals surface area contributed by atoms with Crippen LogP contribution in [0.3, 0.4) is 0 Å². The number of pyridine rings is 1. The molecule has 66 valence electrons. The van der Waals surface area contributed by atoms with Gasteiger partial charge in [-0.05, 0) is 28.1 Å². The highest BCUT2D eigenvalue weighted by atomic mass is 79.9. The molecule has 0 radical (unpaired) electrons. The van der Waals surface area contributed by atoms with Crippen molar-refractivity contribution in [3.8, 4) is 0 Å². The zero-order valence-electron chi connectivity index (χ0n) is 6.88. The molecule has 0 aliphatic rings. The second kappa shape index (κ2) is 4.54. The Bertz CT molecular complexity index is 265. The van der Waals surface area contributed by atoms with Gasteiger partial charge in [-0.3, -0.25) is 4.98 Å². The minimum atomic E-state index is 0.443. The van der Waals surface area contributed by atoms with E-state index in [0.29, 0.717) is 13.2 Å². The van der Waals surface area contributed by atoms with Crippen molar-refractivity contribution in [3.63, 3.8) is 0 Å². The minimum Gasteiger partial charge on any atom is -0.378 e. The van der Waals surface area contributed by atoms with E-state index < -0.39 is 0 Å². The molecule has 0 bridgehead atoms. The highest BCUT2D eigenvalue weighted by Gasteiger charge is 2.00. The quantitative estimate of drug-likeness (QED) is 0.856. The number of nitrogens with two attached hydrogens (primary N) is 1. The molecule has 0 amide bonds. The molecule has 1 aromatic heterocycles. The van der Waals surface area contributed by atoms with E-state index in [1.54, 1.807) is 7.11 Å². The number of ether oxygens (including phenoxy) is 1. The van der Waals surface area contributed by atoms with Crippen LogP contribution in [0.15, 0.2) is 16.6 Å². The third-order valence-electron chi connectivity index (χ3n) is 1.46. The van der Waals surface area contributed by atoms with Crippen molar-refractivity contribution < 1.29 is 4.74 Å². The summed E-state index contributed by atoms with van der Waals surface area (Å²) in [7, 11) is 1.64. The molecule has 3 nitrogen and oxygen atoms in total. The highest BCUT2D eigenvalue weighted by molar-refractivity contribution is 9.10. The van der Waals surface area contributed by atoms with Crippen LogP contribution in [0.25, 0.3) is 0 Å². The molecule has 0 atom stereocenters. The van der Waals surface area contributed by atoms with Crippen LogP contribution in [-0.4, -0.2) is 12.1 Å². The topological polar surface area (TPSA) is 48.1 Å². The van der Waals surface area contributed by atoms with Gasteiger partial charge < -0.3 is 10.5 Å². The molecule has 4 heteroatoms. The molecule has 1 rings (SSSR count). The number of halogens is 1. The van der Waals surface area contributed by atoms with Crippen molar-refractivity contribution in [1.29, 1.82) is 0 Å². The number of hydrogen-bond donors (Lipinski definition) is 1. The SMILES string of the molecule is COCc1ccc(Br)c(CN)n1. The van der Waals surface area contributed by atoms with Crippen LogP contribution in [0.2, 0.25) is 0 Å². The van der Waals surface area contributed by atoms with Gasteiger partial charge >= 0.3 is 0 Å². The first-order valence-electron chi connectivity index (χ1n) is 3.61. The molecule has 0 aliphatic heterocycles. The first kappa shape index (κ1) is 9.64. The van der Waals surface area contributed by atoms with Gasteiger partial charge in [0, 0.05) is 18.1 Å². The molecule has 1 aromatic rings. The van der Waals surface area contributed by atoms with Crippen LogP contribution in [0.5, 0.6) is 0 Å². The molecule has 0 fully saturated rings. The Kier molecular flexibility index (Phi) is 3.65. The highest BCUT2D eigenvalue weighted by Crippen LogP contribution is 2.14. The third kappa shape index (κ3) is 2.27. The molecule has 0 aliphatic carbocycles. The Morgan fingerprint density at radius 2 is 2.33 bits per heavy atom. The van der Waals surface area contributed by atoms with E-state index >= 15 is 0 Å². The first-order valence-corrected chi connectivity index (χ1v) is 4.40. The number of rotatable bonds is 3. The van der Waals surface area contributed by atoms with E-state index in [0.717, 1.165) is 15.9 Å². The van der Waals surface area contributed by atoms with E-state index in [1.165, 1.54) is 0 Å². The maximum atomic E-state index is 5.48. The lowest BCUT2D eigenvalue weighted by molar-refractivity contribution is 0.181. The van der Waals surface area contributed by atoms with E-state index in [4.69, 9.17) is 10.5 Å². The second-order valence-electron chi connectivity index (χ2n) is 2.37. The summed E-state index contributed by atoms with van der Waals surface area (Å²) < 4.78 is 5.90. The fraction of sp³-hybridized carbons (Fsp3) is 0.375. The molecule has 0 saturated heterocycles. The summed E-state index contributed by atoms with van der Waals surface area (Å²) in [4.78, 5) is 4.28. The van der Waals surface area contributed by atoms with Gasteiger partial charge in [-0.2, -0.15) is 0 Å². The Hall–Kier alpha value is -0.450. The summed E-state index contributed by atoms with van der Waals surface area (Å²) in [6.07, 6.45) is 0. The van der Waals surface area contributed by atoms with Crippen molar-refractivity contribution >= 4 is 15.9 Å². The van der Waals surface area contributed by atoms with Crippen molar-refractivity contribution in [2.24, 2.45) is 5.73 Å². The molecule has 0 spiro atoms. The largest absolute Gasteiger partial charge is 0.378 e. The van der Waals surface area contributed by atoms with E-state index in [1.807, 2.05) is 12.1 Å². The Morgan fingerprint density at radius 3 is 2.92 bits per heavy atom. The predicted octanol–water partition coefficient (Wildman–Crippen LogP) is 1.45. The number of aromatic nitrogens is 1. The zero-order valence-corrected chi connectivity index (χ0v) is 8.47. The molecular formula is C8H11BrN2O. The lowest BCUT2D eigenvalue weighted by atomic mass is 10.3. The molecular weight excluding hydrogens is 220 g/mol. The van der Waals surface area contributed by atoms with Gasteiger partial charge in [0.25, 0.3) is 0 Å².